The summed E-state index contributed by atoms with van der Waals surface area (Å²) in [7, 11) is 0. The van der Waals surface area contributed by atoms with Gasteiger partial charge in [-0.05, 0) is 12.1 Å². The van der Waals surface area contributed by atoms with Crippen LogP contribution in [0.25, 0.3) is 5.69 Å². The highest BCUT2D eigenvalue weighted by atomic mass is 32.2. The standard InChI is InChI=1S/C12H8F2N2O3S/c13-8-2-1-7(5-9(8)14)16-4-3-10(17)15-12(16)20-6-11(18)19/h1-5H,6H2,(H,18,19). The smallest absolute Gasteiger partial charge is 0.313 e. The fraction of sp³-hybridized carbons (Fsp3) is 0.0833. The highest BCUT2D eigenvalue weighted by Crippen LogP contribution is 2.20. The van der Waals surface area contributed by atoms with E-state index in [1.807, 2.05) is 0 Å². The predicted molar refractivity (Wildman–Crippen MR) is 68.1 cm³/mol. The molecule has 1 heterocycles. The lowest BCUT2D eigenvalue weighted by Gasteiger charge is -2.11. The Balaban J connectivity index is 2.46. The molecule has 8 heteroatoms. The van der Waals surface area contributed by atoms with E-state index in [2.05, 4.69) is 4.98 Å². The number of hydrogen-bond donors (Lipinski definition) is 1. The summed E-state index contributed by atoms with van der Waals surface area (Å²) >= 11 is 0.810. The van der Waals surface area contributed by atoms with Gasteiger partial charge in [-0.15, -0.1) is 0 Å². The Kier molecular flexibility index (Phi) is 4.14. The molecule has 104 valence electrons. The number of carbonyl (C=O) groups is 1. The quantitative estimate of drug-likeness (QED) is 0.687. The second-order valence-corrected chi connectivity index (χ2v) is 4.64. The Morgan fingerprint density at radius 1 is 1.30 bits per heavy atom. The summed E-state index contributed by atoms with van der Waals surface area (Å²) in [6, 6.07) is 4.32. The predicted octanol–water partition coefficient (Wildman–Crippen LogP) is 1.69. The van der Waals surface area contributed by atoms with E-state index in [9.17, 15) is 18.4 Å². The average Bonchev–Trinajstić information content (AvgIpc) is 2.40. The van der Waals surface area contributed by atoms with Gasteiger partial charge in [0, 0.05) is 18.3 Å². The van der Waals surface area contributed by atoms with E-state index in [1.165, 1.54) is 16.8 Å². The molecular formula is C12H8F2N2O3S. The summed E-state index contributed by atoms with van der Waals surface area (Å²) < 4.78 is 27.4. The first-order valence-corrected chi connectivity index (χ1v) is 6.35. The molecule has 0 fully saturated rings. The number of rotatable bonds is 4. The fourth-order valence-electron chi connectivity index (χ4n) is 1.45. The third-order valence-electron chi connectivity index (χ3n) is 2.28. The molecular weight excluding hydrogens is 290 g/mol. The van der Waals surface area contributed by atoms with E-state index >= 15 is 0 Å². The van der Waals surface area contributed by atoms with Crippen LogP contribution in [0, 0.1) is 11.6 Å². The van der Waals surface area contributed by atoms with Gasteiger partial charge in [0.25, 0.3) is 5.56 Å². The molecule has 1 aromatic heterocycles. The minimum absolute atomic E-state index is 0.0888. The molecule has 0 saturated carbocycles. The number of carboxylic acid groups (broad SMARTS) is 1. The van der Waals surface area contributed by atoms with E-state index in [0.717, 1.165) is 30.0 Å². The average molecular weight is 298 g/mol. The van der Waals surface area contributed by atoms with Crippen LogP contribution in [0.2, 0.25) is 0 Å². The summed E-state index contributed by atoms with van der Waals surface area (Å²) in [5.41, 5.74) is -0.305. The van der Waals surface area contributed by atoms with Gasteiger partial charge in [0.15, 0.2) is 16.8 Å². The molecule has 1 aromatic carbocycles. The zero-order valence-corrected chi connectivity index (χ0v) is 10.7. The SMILES string of the molecule is O=C(O)CSc1nc(=O)ccn1-c1ccc(F)c(F)c1. The van der Waals surface area contributed by atoms with Crippen molar-refractivity contribution in [2.24, 2.45) is 0 Å². The van der Waals surface area contributed by atoms with Crippen molar-refractivity contribution < 1.29 is 18.7 Å². The summed E-state index contributed by atoms with van der Waals surface area (Å²) in [5, 5.41) is 8.73. The minimum Gasteiger partial charge on any atom is -0.481 e. The molecule has 0 saturated heterocycles. The summed E-state index contributed by atoms with van der Waals surface area (Å²) in [6.45, 7) is 0. The second kappa shape index (κ2) is 5.83. The molecule has 2 rings (SSSR count). The summed E-state index contributed by atoms with van der Waals surface area (Å²) in [5.74, 6) is -3.43. The lowest BCUT2D eigenvalue weighted by molar-refractivity contribution is -0.133. The maximum absolute atomic E-state index is 13.2. The molecule has 0 amide bonds. The molecule has 5 nitrogen and oxygen atoms in total. The first kappa shape index (κ1) is 14.2. The van der Waals surface area contributed by atoms with Crippen molar-refractivity contribution in [2.45, 2.75) is 5.16 Å². The molecule has 2 aromatic rings. The lowest BCUT2D eigenvalue weighted by Crippen LogP contribution is -2.13. The van der Waals surface area contributed by atoms with Crippen LogP contribution in [0.5, 0.6) is 0 Å². The van der Waals surface area contributed by atoms with E-state index in [4.69, 9.17) is 5.11 Å². The fourth-order valence-corrected chi connectivity index (χ4v) is 2.16. The Hall–Kier alpha value is -2.22. The third-order valence-corrected chi connectivity index (χ3v) is 3.22. The van der Waals surface area contributed by atoms with Gasteiger partial charge in [0.2, 0.25) is 0 Å². The molecule has 0 atom stereocenters. The van der Waals surface area contributed by atoms with Crippen LogP contribution in [0.1, 0.15) is 0 Å². The van der Waals surface area contributed by atoms with Gasteiger partial charge in [0.1, 0.15) is 0 Å². The van der Waals surface area contributed by atoms with Crippen molar-refractivity contribution in [3.63, 3.8) is 0 Å². The maximum Gasteiger partial charge on any atom is 0.313 e. The molecule has 0 unspecified atom stereocenters. The largest absolute Gasteiger partial charge is 0.481 e. The van der Waals surface area contributed by atoms with Gasteiger partial charge in [-0.2, -0.15) is 4.98 Å². The number of hydrogen-bond acceptors (Lipinski definition) is 4. The van der Waals surface area contributed by atoms with Crippen LogP contribution in [-0.4, -0.2) is 26.4 Å². The first-order valence-electron chi connectivity index (χ1n) is 5.37. The number of thioether (sulfide) groups is 1. The minimum atomic E-state index is -1.08. The molecule has 0 radical (unpaired) electrons. The zero-order chi connectivity index (χ0) is 14.7. The van der Waals surface area contributed by atoms with Crippen LogP contribution in [-0.2, 0) is 4.79 Å². The summed E-state index contributed by atoms with van der Waals surface area (Å²) in [6.07, 6.45) is 1.33. The highest BCUT2D eigenvalue weighted by Gasteiger charge is 2.10. The number of aromatic nitrogens is 2. The topological polar surface area (TPSA) is 72.2 Å². The van der Waals surface area contributed by atoms with Crippen molar-refractivity contribution in [1.82, 2.24) is 9.55 Å². The van der Waals surface area contributed by atoms with Crippen molar-refractivity contribution in [3.05, 3.63) is 52.5 Å². The van der Waals surface area contributed by atoms with Gasteiger partial charge >= 0.3 is 5.97 Å². The van der Waals surface area contributed by atoms with E-state index in [0.29, 0.717) is 0 Å². The van der Waals surface area contributed by atoms with Crippen LogP contribution < -0.4 is 5.56 Å². The second-order valence-electron chi connectivity index (χ2n) is 3.70. The van der Waals surface area contributed by atoms with E-state index in [1.54, 1.807) is 0 Å². The first-order chi connectivity index (χ1) is 9.47. The Morgan fingerprint density at radius 2 is 2.05 bits per heavy atom. The number of carboxylic acids is 1. The molecule has 0 aliphatic heterocycles. The number of aliphatic carboxylic acids is 1. The monoisotopic (exact) mass is 298 g/mol. The van der Waals surface area contributed by atoms with Crippen LogP contribution >= 0.6 is 11.8 Å². The van der Waals surface area contributed by atoms with E-state index < -0.39 is 23.2 Å². The van der Waals surface area contributed by atoms with Crippen LogP contribution in [0.3, 0.4) is 0 Å². The third kappa shape index (κ3) is 3.21. The lowest BCUT2D eigenvalue weighted by atomic mass is 10.3. The number of benzene rings is 1. The molecule has 0 aliphatic carbocycles. The van der Waals surface area contributed by atoms with Crippen molar-refractivity contribution in [3.8, 4) is 5.69 Å². The van der Waals surface area contributed by atoms with Gasteiger partial charge in [0.05, 0.1) is 11.4 Å². The Labute approximate surface area is 115 Å². The van der Waals surface area contributed by atoms with Gasteiger partial charge in [-0.3, -0.25) is 14.2 Å². The molecule has 1 N–H and O–H groups in total. The molecule has 0 bridgehead atoms. The normalized spacial score (nSPS) is 10.5. The summed E-state index contributed by atoms with van der Waals surface area (Å²) in [4.78, 5) is 25.4. The van der Waals surface area contributed by atoms with Gasteiger partial charge in [-0.1, -0.05) is 11.8 Å². The van der Waals surface area contributed by atoms with E-state index in [-0.39, 0.29) is 16.6 Å². The molecule has 0 spiro atoms. The van der Waals surface area contributed by atoms with Crippen molar-refractivity contribution >= 4 is 17.7 Å². The van der Waals surface area contributed by atoms with Crippen LogP contribution in [0.4, 0.5) is 8.78 Å². The maximum atomic E-state index is 13.2. The Morgan fingerprint density at radius 3 is 2.70 bits per heavy atom. The van der Waals surface area contributed by atoms with Crippen LogP contribution in [0.15, 0.2) is 40.4 Å². The van der Waals surface area contributed by atoms with Gasteiger partial charge < -0.3 is 5.11 Å². The van der Waals surface area contributed by atoms with Gasteiger partial charge in [-0.25, -0.2) is 8.78 Å². The molecule has 0 aliphatic rings. The highest BCUT2D eigenvalue weighted by molar-refractivity contribution is 7.99. The zero-order valence-electron chi connectivity index (χ0n) is 9.92. The van der Waals surface area contributed by atoms with Crippen molar-refractivity contribution in [2.75, 3.05) is 5.75 Å². The molecule has 20 heavy (non-hydrogen) atoms. The number of nitrogens with zero attached hydrogens (tertiary/aromatic N) is 2. The van der Waals surface area contributed by atoms with Crippen molar-refractivity contribution in [1.29, 1.82) is 0 Å². The number of halogens is 2. The Bertz CT molecular complexity index is 718.